The first kappa shape index (κ1) is 15.3. The molecular formula is C16H21BrO. The molecule has 0 aliphatic carbocycles. The SMILES string of the molecule is CCCCCCC#CCOCc1ccc(Br)cc1. The highest BCUT2D eigenvalue weighted by Crippen LogP contribution is 2.10. The summed E-state index contributed by atoms with van der Waals surface area (Å²) in [4.78, 5) is 0. The molecule has 0 aliphatic heterocycles. The summed E-state index contributed by atoms with van der Waals surface area (Å²) in [6.07, 6.45) is 6.12. The van der Waals surface area contributed by atoms with Crippen molar-refractivity contribution >= 4 is 15.9 Å². The van der Waals surface area contributed by atoms with Crippen LogP contribution in [0, 0.1) is 11.8 Å². The largest absolute Gasteiger partial charge is 0.364 e. The van der Waals surface area contributed by atoms with Crippen LogP contribution in [0.15, 0.2) is 28.7 Å². The van der Waals surface area contributed by atoms with Gasteiger partial charge in [0.15, 0.2) is 0 Å². The Morgan fingerprint density at radius 3 is 2.56 bits per heavy atom. The third kappa shape index (κ3) is 7.53. The number of hydrogen-bond donors (Lipinski definition) is 0. The van der Waals surface area contributed by atoms with Gasteiger partial charge in [-0.1, -0.05) is 60.2 Å². The molecule has 0 fully saturated rings. The van der Waals surface area contributed by atoms with E-state index in [4.69, 9.17) is 4.74 Å². The first-order valence-electron chi connectivity index (χ1n) is 6.61. The minimum absolute atomic E-state index is 0.532. The molecule has 98 valence electrons. The molecule has 0 spiro atoms. The first-order chi connectivity index (χ1) is 8.83. The predicted octanol–water partition coefficient (Wildman–Crippen LogP) is 4.94. The quantitative estimate of drug-likeness (QED) is 0.512. The van der Waals surface area contributed by atoms with Crippen molar-refractivity contribution in [3.05, 3.63) is 34.3 Å². The summed E-state index contributed by atoms with van der Waals surface area (Å²) in [6.45, 7) is 3.39. The normalized spacial score (nSPS) is 9.89. The molecule has 0 saturated carbocycles. The van der Waals surface area contributed by atoms with Gasteiger partial charge in [0.25, 0.3) is 0 Å². The van der Waals surface area contributed by atoms with Gasteiger partial charge in [0.05, 0.1) is 6.61 Å². The fourth-order valence-electron chi connectivity index (χ4n) is 1.58. The molecule has 0 bridgehead atoms. The average molecular weight is 309 g/mol. The van der Waals surface area contributed by atoms with Crippen molar-refractivity contribution in [1.29, 1.82) is 0 Å². The average Bonchev–Trinajstić information content (AvgIpc) is 2.39. The lowest BCUT2D eigenvalue weighted by atomic mass is 10.2. The summed E-state index contributed by atoms with van der Waals surface area (Å²) >= 11 is 3.41. The molecule has 0 saturated heterocycles. The molecule has 0 unspecified atom stereocenters. The summed E-state index contributed by atoms with van der Waals surface area (Å²) in [6, 6.07) is 8.17. The van der Waals surface area contributed by atoms with Gasteiger partial charge in [-0.25, -0.2) is 0 Å². The van der Waals surface area contributed by atoms with Gasteiger partial charge in [-0.05, 0) is 24.1 Å². The zero-order chi connectivity index (χ0) is 13.1. The van der Waals surface area contributed by atoms with Crippen molar-refractivity contribution in [2.75, 3.05) is 6.61 Å². The maximum absolute atomic E-state index is 5.50. The van der Waals surface area contributed by atoms with E-state index in [1.807, 2.05) is 12.1 Å². The molecule has 2 heteroatoms. The van der Waals surface area contributed by atoms with Gasteiger partial charge in [-0.15, -0.1) is 5.92 Å². The Bertz CT molecular complexity index is 372. The van der Waals surface area contributed by atoms with Gasteiger partial charge in [0.2, 0.25) is 0 Å². The maximum Gasteiger partial charge on any atom is 0.108 e. The third-order valence-electron chi connectivity index (χ3n) is 2.64. The van der Waals surface area contributed by atoms with Crippen molar-refractivity contribution in [3.8, 4) is 11.8 Å². The van der Waals surface area contributed by atoms with E-state index in [0.29, 0.717) is 13.2 Å². The van der Waals surface area contributed by atoms with Crippen LogP contribution in [0.4, 0.5) is 0 Å². The number of hydrogen-bond acceptors (Lipinski definition) is 1. The molecule has 0 amide bonds. The van der Waals surface area contributed by atoms with Crippen molar-refractivity contribution in [2.24, 2.45) is 0 Å². The van der Waals surface area contributed by atoms with Crippen LogP contribution >= 0.6 is 15.9 Å². The van der Waals surface area contributed by atoms with E-state index in [0.717, 1.165) is 10.9 Å². The second-order valence-corrected chi connectivity index (χ2v) is 5.20. The number of halogens is 1. The number of unbranched alkanes of at least 4 members (excludes halogenated alkanes) is 4. The van der Waals surface area contributed by atoms with Crippen molar-refractivity contribution in [1.82, 2.24) is 0 Å². The monoisotopic (exact) mass is 308 g/mol. The predicted molar refractivity (Wildman–Crippen MR) is 80.3 cm³/mol. The highest BCUT2D eigenvalue weighted by molar-refractivity contribution is 9.10. The Hall–Kier alpha value is -0.780. The smallest absolute Gasteiger partial charge is 0.108 e. The Labute approximate surface area is 119 Å². The Balaban J connectivity index is 2.04. The highest BCUT2D eigenvalue weighted by Gasteiger charge is 1.91. The minimum Gasteiger partial charge on any atom is -0.364 e. The van der Waals surface area contributed by atoms with Crippen molar-refractivity contribution in [2.45, 2.75) is 45.6 Å². The highest BCUT2D eigenvalue weighted by atomic mass is 79.9. The fourth-order valence-corrected chi connectivity index (χ4v) is 1.84. The molecule has 0 aromatic heterocycles. The Kier molecular flexibility index (Phi) is 8.63. The first-order valence-corrected chi connectivity index (χ1v) is 7.40. The number of benzene rings is 1. The molecular weight excluding hydrogens is 288 g/mol. The van der Waals surface area contributed by atoms with Gasteiger partial charge in [0, 0.05) is 10.9 Å². The van der Waals surface area contributed by atoms with Crippen molar-refractivity contribution in [3.63, 3.8) is 0 Å². The van der Waals surface area contributed by atoms with E-state index in [2.05, 4.69) is 46.8 Å². The summed E-state index contributed by atoms with van der Waals surface area (Å²) in [5.74, 6) is 6.22. The van der Waals surface area contributed by atoms with Crippen LogP contribution < -0.4 is 0 Å². The molecule has 1 nitrogen and oxygen atoms in total. The van der Waals surface area contributed by atoms with E-state index in [-0.39, 0.29) is 0 Å². The molecule has 1 rings (SSSR count). The van der Waals surface area contributed by atoms with E-state index < -0.39 is 0 Å². The lowest BCUT2D eigenvalue weighted by Crippen LogP contribution is -1.92. The van der Waals surface area contributed by atoms with E-state index in [1.165, 1.54) is 31.2 Å². The minimum atomic E-state index is 0.532. The second-order valence-electron chi connectivity index (χ2n) is 4.28. The molecule has 0 atom stereocenters. The second kappa shape index (κ2) is 10.2. The van der Waals surface area contributed by atoms with Crippen LogP contribution in [0.1, 0.15) is 44.6 Å². The van der Waals surface area contributed by atoms with Crippen LogP contribution in [0.3, 0.4) is 0 Å². The van der Waals surface area contributed by atoms with Crippen LogP contribution in [0.25, 0.3) is 0 Å². The van der Waals surface area contributed by atoms with Crippen LogP contribution in [-0.2, 0) is 11.3 Å². The Morgan fingerprint density at radius 2 is 1.83 bits per heavy atom. The molecule has 0 radical (unpaired) electrons. The van der Waals surface area contributed by atoms with Crippen LogP contribution in [0.5, 0.6) is 0 Å². The lowest BCUT2D eigenvalue weighted by molar-refractivity contribution is 0.153. The molecule has 0 N–H and O–H groups in total. The fraction of sp³-hybridized carbons (Fsp3) is 0.500. The van der Waals surface area contributed by atoms with Crippen LogP contribution in [0.2, 0.25) is 0 Å². The summed E-state index contributed by atoms with van der Waals surface area (Å²) in [7, 11) is 0. The van der Waals surface area contributed by atoms with Gasteiger partial charge in [0.1, 0.15) is 6.61 Å². The molecule has 1 aromatic rings. The summed E-state index contributed by atoms with van der Waals surface area (Å²) < 4.78 is 6.59. The Morgan fingerprint density at radius 1 is 1.06 bits per heavy atom. The number of rotatable bonds is 7. The third-order valence-corrected chi connectivity index (χ3v) is 3.17. The lowest BCUT2D eigenvalue weighted by Gasteiger charge is -2.00. The molecule has 1 aromatic carbocycles. The van der Waals surface area contributed by atoms with E-state index in [1.54, 1.807) is 0 Å². The van der Waals surface area contributed by atoms with Gasteiger partial charge in [-0.3, -0.25) is 0 Å². The summed E-state index contributed by atoms with van der Waals surface area (Å²) in [5.41, 5.74) is 1.18. The molecule has 0 aliphatic rings. The van der Waals surface area contributed by atoms with Crippen LogP contribution in [-0.4, -0.2) is 6.61 Å². The topological polar surface area (TPSA) is 9.23 Å². The van der Waals surface area contributed by atoms with E-state index in [9.17, 15) is 0 Å². The van der Waals surface area contributed by atoms with Gasteiger partial charge in [-0.2, -0.15) is 0 Å². The maximum atomic E-state index is 5.50. The zero-order valence-corrected chi connectivity index (χ0v) is 12.6. The zero-order valence-electron chi connectivity index (χ0n) is 11.0. The summed E-state index contributed by atoms with van der Waals surface area (Å²) in [5, 5.41) is 0. The molecule has 0 heterocycles. The standard InChI is InChI=1S/C16H21BrO/c1-2-3-4-5-6-7-8-13-18-14-15-9-11-16(17)12-10-15/h9-12H,2-6,13-14H2,1H3. The molecule has 18 heavy (non-hydrogen) atoms. The van der Waals surface area contributed by atoms with E-state index >= 15 is 0 Å². The van der Waals surface area contributed by atoms with Crippen molar-refractivity contribution < 1.29 is 4.74 Å². The van der Waals surface area contributed by atoms with Gasteiger partial charge >= 0.3 is 0 Å². The number of ether oxygens (including phenoxy) is 1. The van der Waals surface area contributed by atoms with Gasteiger partial charge < -0.3 is 4.74 Å².